The molecule has 0 aliphatic heterocycles. The van der Waals surface area contributed by atoms with Gasteiger partial charge >= 0.3 is 16.0 Å². The van der Waals surface area contributed by atoms with E-state index < -0.39 is 27.0 Å². The molecule has 3 rings (SSSR count). The predicted molar refractivity (Wildman–Crippen MR) is 98.7 cm³/mol. The fourth-order valence-corrected chi connectivity index (χ4v) is 4.36. The monoisotopic (exact) mass is 447 g/mol. The number of rotatable bonds is 5. The zero-order valence-corrected chi connectivity index (χ0v) is 16.8. The van der Waals surface area contributed by atoms with Crippen molar-refractivity contribution in [3.05, 3.63) is 40.3 Å². The number of sulfonamides is 1. The third kappa shape index (κ3) is 3.48. The van der Waals surface area contributed by atoms with Gasteiger partial charge in [-0.2, -0.15) is 31.6 Å². The Morgan fingerprint density at radius 3 is 2.50 bits per heavy atom. The second-order valence-corrected chi connectivity index (χ2v) is 7.81. The Morgan fingerprint density at radius 1 is 1.29 bits per heavy atom. The molecule has 0 aliphatic rings. The number of carbonyl (C=O) groups is 1. The summed E-state index contributed by atoms with van der Waals surface area (Å²) in [5, 5.41) is 2.89. The van der Waals surface area contributed by atoms with Gasteiger partial charge in [-0.25, -0.2) is 0 Å². The average molecular weight is 448 g/mol. The number of amides is 1. The Balaban J connectivity index is 2.23. The summed E-state index contributed by atoms with van der Waals surface area (Å²) in [5.41, 5.74) is -0.421. The van der Waals surface area contributed by atoms with Crippen LogP contribution >= 0.6 is 23.2 Å². The van der Waals surface area contributed by atoms with Gasteiger partial charge in [0.25, 0.3) is 5.16 Å². The molecule has 0 fully saturated rings. The van der Waals surface area contributed by atoms with E-state index in [1.165, 1.54) is 18.2 Å². The van der Waals surface area contributed by atoms with Crippen LogP contribution in [0.4, 0.5) is 10.1 Å². The van der Waals surface area contributed by atoms with Gasteiger partial charge in [-0.15, -0.1) is 5.10 Å². The van der Waals surface area contributed by atoms with E-state index in [2.05, 4.69) is 15.1 Å². The molecule has 2 aromatic heterocycles. The van der Waals surface area contributed by atoms with E-state index in [0.29, 0.717) is 4.31 Å². The summed E-state index contributed by atoms with van der Waals surface area (Å²) in [6, 6.07) is 4.81. The van der Waals surface area contributed by atoms with E-state index in [1.54, 1.807) is 6.92 Å². The molecule has 0 saturated carbocycles. The molecule has 148 valence electrons. The first kappa shape index (κ1) is 20.2. The number of benzene rings is 1. The van der Waals surface area contributed by atoms with Crippen LogP contribution in [0.5, 0.6) is 6.01 Å². The molecule has 1 aromatic carbocycles. The maximum absolute atomic E-state index is 13.7. The van der Waals surface area contributed by atoms with Crippen LogP contribution in [0.3, 0.4) is 0 Å². The van der Waals surface area contributed by atoms with Crippen molar-refractivity contribution in [1.29, 1.82) is 0 Å². The van der Waals surface area contributed by atoms with Crippen LogP contribution in [0.25, 0.3) is 5.65 Å². The number of hydrogen-bond donors (Lipinski definition) is 0. The lowest BCUT2D eigenvalue weighted by atomic mass is 10.3. The standard InChI is InChI=1S/C15H12Cl2FN5O4S/c1-3-27-15-19-11(18)7-12-20-14(21-22(12)15)28(25,26)23(8(2)24)13-9(16)5-4-6-10(13)17/h4-7H,3H2,1-2H3. The van der Waals surface area contributed by atoms with Gasteiger partial charge in [0.05, 0.1) is 22.3 Å². The number of fused-ring (bicyclic) bond motifs is 1. The summed E-state index contributed by atoms with van der Waals surface area (Å²) >= 11 is 12.1. The molecule has 0 atom stereocenters. The largest absolute Gasteiger partial charge is 0.464 e. The summed E-state index contributed by atoms with van der Waals surface area (Å²) in [6.45, 7) is 2.77. The lowest BCUT2D eigenvalue weighted by molar-refractivity contribution is -0.115. The molecule has 0 saturated heterocycles. The van der Waals surface area contributed by atoms with Crippen molar-refractivity contribution in [2.24, 2.45) is 0 Å². The maximum Gasteiger partial charge on any atom is 0.322 e. The first-order chi connectivity index (χ1) is 13.2. The van der Waals surface area contributed by atoms with Crippen LogP contribution in [-0.2, 0) is 14.8 Å². The Kier molecular flexibility index (Phi) is 5.41. The number of nitrogens with zero attached hydrogens (tertiary/aromatic N) is 5. The normalized spacial score (nSPS) is 11.6. The highest BCUT2D eigenvalue weighted by molar-refractivity contribution is 7.93. The lowest BCUT2D eigenvalue weighted by Gasteiger charge is -2.21. The van der Waals surface area contributed by atoms with Gasteiger partial charge in [0, 0.05) is 13.0 Å². The van der Waals surface area contributed by atoms with Gasteiger partial charge in [0.2, 0.25) is 11.9 Å². The molecule has 0 unspecified atom stereocenters. The molecule has 0 bridgehead atoms. The SMILES string of the molecule is CCOc1nc(F)cc2nc(S(=O)(=O)N(C(C)=O)c3c(Cl)cccc3Cl)nn12. The van der Waals surface area contributed by atoms with Crippen LogP contribution in [0.1, 0.15) is 13.8 Å². The number of anilines is 1. The fraction of sp³-hybridized carbons (Fsp3) is 0.200. The summed E-state index contributed by atoms with van der Waals surface area (Å²) in [7, 11) is -4.64. The van der Waals surface area contributed by atoms with Gasteiger partial charge in [-0.05, 0) is 19.1 Å². The van der Waals surface area contributed by atoms with Crippen molar-refractivity contribution in [3.63, 3.8) is 0 Å². The predicted octanol–water partition coefficient (Wildman–Crippen LogP) is 2.71. The summed E-state index contributed by atoms with van der Waals surface area (Å²) in [4.78, 5) is 19.5. The van der Waals surface area contributed by atoms with Crippen molar-refractivity contribution in [2.45, 2.75) is 19.0 Å². The molecule has 0 aliphatic carbocycles. The number of hydrogen-bond acceptors (Lipinski definition) is 7. The van der Waals surface area contributed by atoms with E-state index in [9.17, 15) is 17.6 Å². The number of ether oxygens (including phenoxy) is 1. The molecule has 13 heteroatoms. The summed E-state index contributed by atoms with van der Waals surface area (Å²) < 4.78 is 46.3. The first-order valence-electron chi connectivity index (χ1n) is 7.72. The smallest absolute Gasteiger partial charge is 0.322 e. The maximum atomic E-state index is 13.7. The summed E-state index contributed by atoms with van der Waals surface area (Å²) in [5.74, 6) is -1.84. The molecule has 0 N–H and O–H groups in total. The number of aromatic nitrogens is 4. The Bertz CT molecular complexity index is 1160. The van der Waals surface area contributed by atoms with E-state index in [-0.39, 0.29) is 34.0 Å². The number of carbonyl (C=O) groups excluding carboxylic acids is 1. The zero-order chi connectivity index (χ0) is 20.6. The van der Waals surface area contributed by atoms with Crippen LogP contribution < -0.4 is 9.04 Å². The quantitative estimate of drug-likeness (QED) is 0.553. The van der Waals surface area contributed by atoms with Crippen molar-refractivity contribution >= 4 is 50.5 Å². The zero-order valence-electron chi connectivity index (χ0n) is 14.4. The van der Waals surface area contributed by atoms with E-state index >= 15 is 0 Å². The minimum absolute atomic E-state index is 0.0715. The molecular formula is C15H12Cl2FN5O4S. The number of para-hydroxylation sites is 1. The van der Waals surface area contributed by atoms with Crippen LogP contribution in [-0.4, -0.2) is 40.5 Å². The second-order valence-electron chi connectivity index (χ2n) is 5.32. The first-order valence-corrected chi connectivity index (χ1v) is 9.92. The highest BCUT2D eigenvalue weighted by Gasteiger charge is 2.35. The molecule has 3 aromatic rings. The van der Waals surface area contributed by atoms with Gasteiger partial charge in [-0.1, -0.05) is 29.3 Å². The van der Waals surface area contributed by atoms with E-state index in [1.807, 2.05) is 0 Å². The molecule has 0 radical (unpaired) electrons. The lowest BCUT2D eigenvalue weighted by Crippen LogP contribution is -2.36. The van der Waals surface area contributed by atoms with Crippen molar-refractivity contribution in [1.82, 2.24) is 19.6 Å². The van der Waals surface area contributed by atoms with Gasteiger partial charge in [0.15, 0.2) is 5.65 Å². The van der Waals surface area contributed by atoms with Gasteiger partial charge in [-0.3, -0.25) is 4.79 Å². The molecule has 0 spiro atoms. The van der Waals surface area contributed by atoms with Crippen molar-refractivity contribution in [3.8, 4) is 6.01 Å². The van der Waals surface area contributed by atoms with Crippen molar-refractivity contribution < 1.29 is 22.3 Å². The van der Waals surface area contributed by atoms with Gasteiger partial charge in [0.1, 0.15) is 0 Å². The van der Waals surface area contributed by atoms with Crippen LogP contribution in [0.15, 0.2) is 29.4 Å². The highest BCUT2D eigenvalue weighted by atomic mass is 35.5. The average Bonchev–Trinajstić information content (AvgIpc) is 3.03. The minimum Gasteiger partial charge on any atom is -0.464 e. The van der Waals surface area contributed by atoms with Crippen molar-refractivity contribution in [2.75, 3.05) is 10.9 Å². The third-order valence-electron chi connectivity index (χ3n) is 3.42. The molecular weight excluding hydrogens is 436 g/mol. The third-order valence-corrected chi connectivity index (χ3v) is 5.58. The topological polar surface area (TPSA) is 107 Å². The molecule has 2 heterocycles. The van der Waals surface area contributed by atoms with E-state index in [4.69, 9.17) is 27.9 Å². The van der Waals surface area contributed by atoms with Crippen LogP contribution in [0, 0.1) is 5.95 Å². The molecule has 1 amide bonds. The fourth-order valence-electron chi connectivity index (χ4n) is 2.36. The Morgan fingerprint density at radius 2 is 1.93 bits per heavy atom. The molecule has 28 heavy (non-hydrogen) atoms. The Labute approximate surface area is 168 Å². The molecule has 9 nitrogen and oxygen atoms in total. The second kappa shape index (κ2) is 7.49. The van der Waals surface area contributed by atoms with Crippen LogP contribution in [0.2, 0.25) is 10.0 Å². The number of halogens is 3. The summed E-state index contributed by atoms with van der Waals surface area (Å²) in [6.07, 6.45) is 0. The Hall–Kier alpha value is -2.50. The van der Waals surface area contributed by atoms with Gasteiger partial charge < -0.3 is 4.74 Å². The van der Waals surface area contributed by atoms with E-state index in [0.717, 1.165) is 17.5 Å². The minimum atomic E-state index is -4.64. The highest BCUT2D eigenvalue weighted by Crippen LogP contribution is 2.36.